The van der Waals surface area contributed by atoms with Crippen LogP contribution in [-0.4, -0.2) is 41.1 Å². The summed E-state index contributed by atoms with van der Waals surface area (Å²) in [6.45, 7) is 7.97. The molecule has 0 spiro atoms. The Kier molecular flexibility index (Phi) is 5.74. The Balaban J connectivity index is 1.77. The van der Waals surface area contributed by atoms with Gasteiger partial charge < -0.3 is 0 Å². The van der Waals surface area contributed by atoms with Crippen molar-refractivity contribution in [3.05, 3.63) is 42.2 Å². The van der Waals surface area contributed by atoms with Crippen LogP contribution in [0.2, 0.25) is 0 Å². The van der Waals surface area contributed by atoms with E-state index in [-0.39, 0.29) is 11.2 Å². The number of rotatable bonds is 7. The summed E-state index contributed by atoms with van der Waals surface area (Å²) in [7, 11) is 0. The van der Waals surface area contributed by atoms with Gasteiger partial charge in [0, 0.05) is 24.5 Å². The van der Waals surface area contributed by atoms with E-state index in [1.54, 1.807) is 18.5 Å². The summed E-state index contributed by atoms with van der Waals surface area (Å²) in [5.41, 5.74) is 0.857. The molecule has 0 radical (unpaired) electrons. The number of amides is 1. The zero-order chi connectivity index (χ0) is 18.5. The number of carbonyl (C=O) groups is 1. The second-order valence-electron chi connectivity index (χ2n) is 5.32. The molecule has 3 aromatic heterocycles. The quantitative estimate of drug-likeness (QED) is 0.491. The van der Waals surface area contributed by atoms with E-state index in [9.17, 15) is 4.79 Å². The van der Waals surface area contributed by atoms with Crippen molar-refractivity contribution in [2.75, 3.05) is 5.32 Å². The summed E-state index contributed by atoms with van der Waals surface area (Å²) in [5.74, 6) is 0.523. The summed E-state index contributed by atoms with van der Waals surface area (Å²) in [6.07, 6.45) is 5.20. The molecule has 0 aliphatic rings. The van der Waals surface area contributed by atoms with Crippen molar-refractivity contribution in [3.63, 3.8) is 0 Å². The molecule has 1 N–H and O–H groups in total. The van der Waals surface area contributed by atoms with Crippen LogP contribution in [0.5, 0.6) is 0 Å². The number of hydrogen-bond acceptors (Lipinski definition) is 8. The van der Waals surface area contributed by atoms with Gasteiger partial charge in [-0.3, -0.25) is 19.7 Å². The maximum Gasteiger partial charge on any atom is 0.239 e. The van der Waals surface area contributed by atoms with Gasteiger partial charge in [0.15, 0.2) is 11.0 Å². The lowest BCUT2D eigenvalue weighted by molar-refractivity contribution is -0.115. The Morgan fingerprint density at radius 3 is 2.92 bits per heavy atom. The molecule has 3 aromatic rings. The summed E-state index contributed by atoms with van der Waals surface area (Å²) < 4.78 is 1.91. The van der Waals surface area contributed by atoms with Crippen LogP contribution in [0.25, 0.3) is 11.4 Å². The smallest absolute Gasteiger partial charge is 0.239 e. The first-order chi connectivity index (χ1) is 12.6. The number of pyridine rings is 1. The highest BCUT2D eigenvalue weighted by atomic mass is 32.2. The molecule has 0 bridgehead atoms. The minimum atomic E-state index is -0.381. The molecule has 134 valence electrons. The second kappa shape index (κ2) is 8.19. The molecule has 0 aromatic carbocycles. The molecule has 3 rings (SSSR count). The number of aryl methyl sites for hydroxylation is 1. The van der Waals surface area contributed by atoms with Crippen molar-refractivity contribution in [1.82, 2.24) is 29.9 Å². The number of hydrogen-bond donors (Lipinski definition) is 1. The number of thioether (sulfide) groups is 1. The van der Waals surface area contributed by atoms with Gasteiger partial charge >= 0.3 is 0 Å². The molecule has 0 unspecified atom stereocenters. The minimum Gasteiger partial charge on any atom is -0.300 e. The van der Waals surface area contributed by atoms with Gasteiger partial charge in [-0.2, -0.15) is 0 Å². The van der Waals surface area contributed by atoms with Gasteiger partial charge in [-0.1, -0.05) is 29.2 Å². The van der Waals surface area contributed by atoms with Crippen molar-refractivity contribution in [2.24, 2.45) is 0 Å². The van der Waals surface area contributed by atoms with Crippen molar-refractivity contribution in [3.8, 4) is 11.4 Å². The van der Waals surface area contributed by atoms with E-state index >= 15 is 0 Å². The first kappa shape index (κ1) is 18.2. The number of carbonyl (C=O) groups excluding carboxylic acids is 1. The molecule has 0 saturated carbocycles. The Morgan fingerprint density at radius 2 is 2.27 bits per heavy atom. The molecule has 0 aliphatic carbocycles. The van der Waals surface area contributed by atoms with Crippen LogP contribution >= 0.6 is 23.1 Å². The molecule has 3 heterocycles. The molecule has 1 amide bonds. The Morgan fingerprint density at radius 1 is 1.42 bits per heavy atom. The van der Waals surface area contributed by atoms with Crippen LogP contribution in [0, 0.1) is 6.92 Å². The second-order valence-corrected chi connectivity index (χ2v) is 7.81. The van der Waals surface area contributed by atoms with Crippen molar-refractivity contribution in [2.45, 2.75) is 30.8 Å². The Bertz CT molecular complexity index is 906. The SMILES string of the molecule is C=CCn1c(S[C@@H](C)C(=O)Nc2nnc(C)s2)nnc1-c1cccnc1. The van der Waals surface area contributed by atoms with E-state index in [1.807, 2.05) is 30.5 Å². The fraction of sp³-hybridized carbons (Fsp3) is 0.250. The molecule has 10 heteroatoms. The van der Waals surface area contributed by atoms with Gasteiger partial charge in [-0.25, -0.2) is 0 Å². The lowest BCUT2D eigenvalue weighted by Gasteiger charge is -2.11. The maximum atomic E-state index is 12.4. The largest absolute Gasteiger partial charge is 0.300 e. The summed E-state index contributed by atoms with van der Waals surface area (Å²) in [4.78, 5) is 16.5. The standard InChI is InChI=1S/C16H17N7OS2/c1-4-8-23-13(12-6-5-7-17-9-12)20-22-16(23)25-10(2)14(24)18-15-21-19-11(3)26-15/h4-7,9-10H,1,8H2,2-3H3,(H,18,21,24)/t10-/m0/s1. The van der Waals surface area contributed by atoms with Crippen LogP contribution in [0.4, 0.5) is 5.13 Å². The molecule has 0 saturated heterocycles. The highest BCUT2D eigenvalue weighted by molar-refractivity contribution is 8.00. The molecule has 1 atom stereocenters. The summed E-state index contributed by atoms with van der Waals surface area (Å²) >= 11 is 2.66. The van der Waals surface area contributed by atoms with Crippen LogP contribution < -0.4 is 5.32 Å². The van der Waals surface area contributed by atoms with Crippen molar-refractivity contribution < 1.29 is 4.79 Å². The molecule has 26 heavy (non-hydrogen) atoms. The van der Waals surface area contributed by atoms with Crippen LogP contribution in [-0.2, 0) is 11.3 Å². The molecule has 8 nitrogen and oxygen atoms in total. The molecule has 0 aliphatic heterocycles. The zero-order valence-electron chi connectivity index (χ0n) is 14.3. The fourth-order valence-electron chi connectivity index (χ4n) is 2.14. The van der Waals surface area contributed by atoms with Crippen LogP contribution in [0.3, 0.4) is 0 Å². The maximum absolute atomic E-state index is 12.4. The number of nitrogens with zero attached hydrogens (tertiary/aromatic N) is 6. The third-order valence-corrected chi connectivity index (χ3v) is 5.19. The molecular formula is C16H17N7OS2. The number of allylic oxidation sites excluding steroid dienone is 1. The average molecular weight is 387 g/mol. The molecule has 0 fully saturated rings. The highest BCUT2D eigenvalue weighted by Gasteiger charge is 2.21. The lowest BCUT2D eigenvalue weighted by Crippen LogP contribution is -2.22. The van der Waals surface area contributed by atoms with Gasteiger partial charge in [0.1, 0.15) is 5.01 Å². The van der Waals surface area contributed by atoms with Crippen molar-refractivity contribution in [1.29, 1.82) is 0 Å². The first-order valence-corrected chi connectivity index (χ1v) is 9.50. The number of aromatic nitrogens is 6. The van der Waals surface area contributed by atoms with E-state index < -0.39 is 0 Å². The lowest BCUT2D eigenvalue weighted by atomic mass is 10.3. The van der Waals surface area contributed by atoms with Crippen molar-refractivity contribution >= 4 is 34.1 Å². The van der Waals surface area contributed by atoms with Gasteiger partial charge in [0.25, 0.3) is 0 Å². The monoisotopic (exact) mass is 387 g/mol. The highest BCUT2D eigenvalue weighted by Crippen LogP contribution is 2.27. The zero-order valence-corrected chi connectivity index (χ0v) is 15.9. The third-order valence-electron chi connectivity index (χ3n) is 3.36. The Labute approximate surface area is 158 Å². The Hall–Kier alpha value is -2.59. The summed E-state index contributed by atoms with van der Waals surface area (Å²) in [6, 6.07) is 3.76. The molecular weight excluding hydrogens is 370 g/mol. The summed E-state index contributed by atoms with van der Waals surface area (Å²) in [5, 5.41) is 20.6. The predicted molar refractivity (Wildman–Crippen MR) is 102 cm³/mol. The topological polar surface area (TPSA) is 98.5 Å². The minimum absolute atomic E-state index is 0.165. The average Bonchev–Trinajstić information content (AvgIpc) is 3.22. The van der Waals surface area contributed by atoms with E-state index in [0.29, 0.717) is 22.7 Å². The number of nitrogens with one attached hydrogen (secondary N) is 1. The van der Waals surface area contributed by atoms with E-state index in [2.05, 4.69) is 37.3 Å². The van der Waals surface area contributed by atoms with Gasteiger partial charge in [0.05, 0.1) is 5.25 Å². The first-order valence-electron chi connectivity index (χ1n) is 7.80. The van der Waals surface area contributed by atoms with E-state index in [4.69, 9.17) is 0 Å². The fourth-order valence-corrected chi connectivity index (χ4v) is 3.60. The van der Waals surface area contributed by atoms with E-state index in [0.717, 1.165) is 10.6 Å². The van der Waals surface area contributed by atoms with E-state index in [1.165, 1.54) is 23.1 Å². The van der Waals surface area contributed by atoms with Gasteiger partial charge in [0.2, 0.25) is 11.0 Å². The number of anilines is 1. The normalized spacial score (nSPS) is 11.9. The van der Waals surface area contributed by atoms with Gasteiger partial charge in [-0.05, 0) is 26.0 Å². The van der Waals surface area contributed by atoms with Gasteiger partial charge in [-0.15, -0.1) is 27.0 Å². The third kappa shape index (κ3) is 4.14. The van der Waals surface area contributed by atoms with Crippen LogP contribution in [0.15, 0.2) is 42.3 Å². The van der Waals surface area contributed by atoms with Crippen LogP contribution in [0.1, 0.15) is 11.9 Å². The predicted octanol–water partition coefficient (Wildman–Crippen LogP) is 2.81.